The lowest BCUT2D eigenvalue weighted by Crippen LogP contribution is -2.44. The quantitative estimate of drug-likeness (QED) is 0.746. The molecular formula is C13H17NO5. The summed E-state index contributed by atoms with van der Waals surface area (Å²) in [6, 6.07) is 3.16. The van der Waals surface area contributed by atoms with Crippen LogP contribution in [0.2, 0.25) is 0 Å². The summed E-state index contributed by atoms with van der Waals surface area (Å²) in [7, 11) is 1.43. The highest BCUT2D eigenvalue weighted by Crippen LogP contribution is 2.23. The van der Waals surface area contributed by atoms with E-state index in [1.54, 1.807) is 13.8 Å². The highest BCUT2D eigenvalue weighted by Gasteiger charge is 2.25. The van der Waals surface area contributed by atoms with E-state index in [1.165, 1.54) is 25.3 Å². The first-order valence-electron chi connectivity index (χ1n) is 5.77. The second-order valence-corrected chi connectivity index (χ2v) is 4.42. The molecule has 0 saturated carbocycles. The fourth-order valence-electron chi connectivity index (χ4n) is 1.56. The molecule has 0 heterocycles. The van der Waals surface area contributed by atoms with Gasteiger partial charge in [0.15, 0.2) is 0 Å². The minimum Gasteiger partial charge on any atom is -0.507 e. The Balaban J connectivity index is 2.97. The fraction of sp³-hybridized carbons (Fsp3) is 0.385. The van der Waals surface area contributed by atoms with Crippen molar-refractivity contribution in [1.29, 1.82) is 0 Å². The highest BCUT2D eigenvalue weighted by molar-refractivity contribution is 5.99. The zero-order valence-electron chi connectivity index (χ0n) is 11.0. The number of phenolic OH excluding ortho intramolecular Hbond substituents is 1. The van der Waals surface area contributed by atoms with Gasteiger partial charge in [0.25, 0.3) is 5.91 Å². The van der Waals surface area contributed by atoms with Crippen LogP contribution >= 0.6 is 0 Å². The summed E-state index contributed by atoms with van der Waals surface area (Å²) in [5, 5.41) is 21.0. The molecule has 1 atom stereocenters. The molecule has 1 amide bonds. The number of methoxy groups -OCH3 is 1. The van der Waals surface area contributed by atoms with Crippen molar-refractivity contribution in [3.63, 3.8) is 0 Å². The molecule has 0 spiro atoms. The maximum Gasteiger partial charge on any atom is 0.326 e. The normalized spacial score (nSPS) is 12.0. The van der Waals surface area contributed by atoms with Gasteiger partial charge in [-0.1, -0.05) is 13.8 Å². The molecule has 104 valence electrons. The molecule has 6 nitrogen and oxygen atoms in total. The number of amides is 1. The van der Waals surface area contributed by atoms with E-state index in [-0.39, 0.29) is 17.2 Å². The number of carboxylic acids is 1. The van der Waals surface area contributed by atoms with Crippen LogP contribution in [0.5, 0.6) is 11.5 Å². The van der Waals surface area contributed by atoms with E-state index in [0.29, 0.717) is 5.75 Å². The minimum atomic E-state index is -1.12. The molecule has 0 saturated heterocycles. The third kappa shape index (κ3) is 3.61. The van der Waals surface area contributed by atoms with Gasteiger partial charge in [-0.15, -0.1) is 0 Å². The molecule has 19 heavy (non-hydrogen) atoms. The Labute approximate surface area is 111 Å². The van der Waals surface area contributed by atoms with Crippen molar-refractivity contribution >= 4 is 11.9 Å². The molecular weight excluding hydrogens is 250 g/mol. The largest absolute Gasteiger partial charge is 0.507 e. The summed E-state index contributed by atoms with van der Waals surface area (Å²) in [5.74, 6) is -1.87. The SMILES string of the molecule is COc1ccc(O)c(C(=O)NC(C(=O)O)C(C)C)c1. The van der Waals surface area contributed by atoms with Gasteiger partial charge in [-0.3, -0.25) is 4.79 Å². The minimum absolute atomic E-state index is 0.0220. The number of carboxylic acid groups (broad SMARTS) is 1. The number of hydrogen-bond donors (Lipinski definition) is 3. The smallest absolute Gasteiger partial charge is 0.326 e. The van der Waals surface area contributed by atoms with Crippen LogP contribution in [0.25, 0.3) is 0 Å². The molecule has 0 aromatic heterocycles. The third-order valence-corrected chi connectivity index (χ3v) is 2.67. The van der Waals surface area contributed by atoms with E-state index in [1.807, 2.05) is 0 Å². The molecule has 1 unspecified atom stereocenters. The molecule has 3 N–H and O–H groups in total. The lowest BCUT2D eigenvalue weighted by atomic mass is 10.0. The van der Waals surface area contributed by atoms with Gasteiger partial charge in [-0.2, -0.15) is 0 Å². The Kier molecular flexibility index (Phi) is 4.74. The molecule has 1 aromatic carbocycles. The van der Waals surface area contributed by atoms with Gasteiger partial charge in [-0.25, -0.2) is 4.79 Å². The maximum absolute atomic E-state index is 12.0. The van der Waals surface area contributed by atoms with Crippen molar-refractivity contribution in [3.8, 4) is 11.5 Å². The molecule has 0 bridgehead atoms. The second kappa shape index (κ2) is 6.08. The predicted molar refractivity (Wildman–Crippen MR) is 68.4 cm³/mol. The van der Waals surface area contributed by atoms with Crippen molar-refractivity contribution in [2.24, 2.45) is 5.92 Å². The van der Waals surface area contributed by atoms with E-state index < -0.39 is 17.9 Å². The van der Waals surface area contributed by atoms with Gasteiger partial charge in [0.05, 0.1) is 12.7 Å². The van der Waals surface area contributed by atoms with Gasteiger partial charge in [-0.05, 0) is 24.1 Å². The highest BCUT2D eigenvalue weighted by atomic mass is 16.5. The van der Waals surface area contributed by atoms with E-state index in [0.717, 1.165) is 0 Å². The number of aromatic hydroxyl groups is 1. The van der Waals surface area contributed by atoms with E-state index in [4.69, 9.17) is 9.84 Å². The number of phenols is 1. The zero-order valence-corrected chi connectivity index (χ0v) is 11.0. The monoisotopic (exact) mass is 267 g/mol. The van der Waals surface area contributed by atoms with Crippen molar-refractivity contribution in [3.05, 3.63) is 23.8 Å². The van der Waals surface area contributed by atoms with E-state index in [2.05, 4.69) is 5.32 Å². The van der Waals surface area contributed by atoms with Crippen molar-refractivity contribution < 1.29 is 24.5 Å². The number of aliphatic carboxylic acids is 1. The topological polar surface area (TPSA) is 95.9 Å². The first-order valence-corrected chi connectivity index (χ1v) is 5.77. The average Bonchev–Trinajstić information content (AvgIpc) is 2.35. The van der Waals surface area contributed by atoms with Gasteiger partial charge in [0.1, 0.15) is 17.5 Å². The molecule has 0 aliphatic heterocycles. The third-order valence-electron chi connectivity index (χ3n) is 2.67. The second-order valence-electron chi connectivity index (χ2n) is 4.42. The average molecular weight is 267 g/mol. The Morgan fingerprint density at radius 1 is 1.32 bits per heavy atom. The number of carbonyl (C=O) groups excluding carboxylic acids is 1. The van der Waals surface area contributed by atoms with Crippen LogP contribution in [0.3, 0.4) is 0 Å². The van der Waals surface area contributed by atoms with Crippen LogP contribution in [0, 0.1) is 5.92 Å². The lowest BCUT2D eigenvalue weighted by Gasteiger charge is -2.18. The summed E-state index contributed by atoms with van der Waals surface area (Å²) in [6.45, 7) is 3.37. The number of benzene rings is 1. The van der Waals surface area contributed by atoms with E-state index >= 15 is 0 Å². The van der Waals surface area contributed by atoms with Gasteiger partial charge in [0.2, 0.25) is 0 Å². The zero-order chi connectivity index (χ0) is 14.6. The van der Waals surface area contributed by atoms with Crippen molar-refractivity contribution in [2.45, 2.75) is 19.9 Å². The van der Waals surface area contributed by atoms with Gasteiger partial charge < -0.3 is 20.3 Å². The summed E-state index contributed by atoms with van der Waals surface area (Å²) in [4.78, 5) is 23.0. The number of ether oxygens (including phenoxy) is 1. The van der Waals surface area contributed by atoms with Crippen LogP contribution in [-0.4, -0.2) is 35.2 Å². The molecule has 0 fully saturated rings. The molecule has 0 aliphatic carbocycles. The number of carbonyl (C=O) groups is 2. The molecule has 0 radical (unpaired) electrons. The van der Waals surface area contributed by atoms with Crippen molar-refractivity contribution in [2.75, 3.05) is 7.11 Å². The van der Waals surface area contributed by atoms with Crippen LogP contribution in [0.1, 0.15) is 24.2 Å². The number of hydrogen-bond acceptors (Lipinski definition) is 4. The summed E-state index contributed by atoms with van der Waals surface area (Å²) in [6.07, 6.45) is 0. The van der Waals surface area contributed by atoms with Gasteiger partial charge >= 0.3 is 5.97 Å². The van der Waals surface area contributed by atoms with Crippen LogP contribution in [-0.2, 0) is 4.79 Å². The Hall–Kier alpha value is -2.24. The van der Waals surface area contributed by atoms with Crippen LogP contribution < -0.4 is 10.1 Å². The number of nitrogens with one attached hydrogen (secondary N) is 1. The molecule has 0 aliphatic rings. The molecule has 6 heteroatoms. The Morgan fingerprint density at radius 3 is 2.42 bits per heavy atom. The number of rotatable bonds is 5. The standard InChI is InChI=1S/C13H17NO5/c1-7(2)11(13(17)18)14-12(16)9-6-8(19-3)4-5-10(9)15/h4-7,11,15H,1-3H3,(H,14,16)(H,17,18). The Bertz CT molecular complexity index is 484. The van der Waals surface area contributed by atoms with E-state index in [9.17, 15) is 14.7 Å². The molecule has 1 rings (SSSR count). The summed E-state index contributed by atoms with van der Waals surface area (Å²) in [5.41, 5.74) is -0.0220. The first kappa shape index (κ1) is 14.8. The molecule has 1 aromatic rings. The lowest BCUT2D eigenvalue weighted by molar-refractivity contribution is -0.140. The van der Waals surface area contributed by atoms with Crippen LogP contribution in [0.4, 0.5) is 0 Å². The summed E-state index contributed by atoms with van der Waals surface area (Å²) >= 11 is 0. The van der Waals surface area contributed by atoms with Crippen molar-refractivity contribution in [1.82, 2.24) is 5.32 Å². The maximum atomic E-state index is 12.0. The van der Waals surface area contributed by atoms with Crippen LogP contribution in [0.15, 0.2) is 18.2 Å². The Morgan fingerprint density at radius 2 is 1.95 bits per heavy atom. The van der Waals surface area contributed by atoms with Gasteiger partial charge in [0, 0.05) is 0 Å². The predicted octanol–water partition coefficient (Wildman–Crippen LogP) is 1.24. The first-order chi connectivity index (χ1) is 8.86. The fourth-order valence-corrected chi connectivity index (χ4v) is 1.56. The summed E-state index contributed by atoms with van der Waals surface area (Å²) < 4.78 is 4.95.